The minimum Gasteiger partial charge on any atom is -0.479 e. The normalized spacial score (nSPS) is 13.3. The third-order valence-corrected chi connectivity index (χ3v) is 7.46. The van der Waals surface area contributed by atoms with Gasteiger partial charge in [-0.05, 0) is 25.5 Å². The maximum Gasteiger partial charge on any atom is 0.245 e. The number of aryl methyl sites for hydroxylation is 2. The molecular weight excluding hydrogens is 488 g/mol. The zero-order chi connectivity index (χ0) is 26.0. The van der Waals surface area contributed by atoms with Gasteiger partial charge in [0, 0.05) is 31.6 Å². The predicted molar refractivity (Wildman–Crippen MR) is 129 cm³/mol. The Labute approximate surface area is 207 Å². The monoisotopic (exact) mass is 514 g/mol. The highest BCUT2D eigenvalue weighted by molar-refractivity contribution is 7.93. The average Bonchev–Trinajstić information content (AvgIpc) is 3.48. The summed E-state index contributed by atoms with van der Waals surface area (Å²) in [4.78, 5) is 16.8. The lowest BCUT2D eigenvalue weighted by Crippen LogP contribution is -2.31. The Balaban J connectivity index is 1.81. The molecule has 2 atom stereocenters. The van der Waals surface area contributed by atoms with Gasteiger partial charge in [0.25, 0.3) is 0 Å². The molecule has 36 heavy (non-hydrogen) atoms. The average molecular weight is 515 g/mol. The van der Waals surface area contributed by atoms with E-state index in [1.165, 1.54) is 25.1 Å². The number of methoxy groups -OCH3 is 2. The summed E-state index contributed by atoms with van der Waals surface area (Å²) >= 11 is 0. The van der Waals surface area contributed by atoms with Gasteiger partial charge in [-0.15, -0.1) is 10.2 Å². The lowest BCUT2D eigenvalue weighted by atomic mass is 10.1. The van der Waals surface area contributed by atoms with Gasteiger partial charge in [0.15, 0.2) is 11.5 Å². The lowest BCUT2D eigenvalue weighted by Gasteiger charge is -2.20. The third kappa shape index (κ3) is 4.68. The molecule has 1 N–H and O–H groups in total. The van der Waals surface area contributed by atoms with Crippen LogP contribution in [0.4, 0.5) is 5.95 Å². The molecule has 190 valence electrons. The topological polar surface area (TPSA) is 165 Å². The summed E-state index contributed by atoms with van der Waals surface area (Å²) < 4.78 is 43.3. The van der Waals surface area contributed by atoms with Crippen molar-refractivity contribution >= 4 is 16.0 Å². The fourth-order valence-corrected chi connectivity index (χ4v) is 4.67. The number of nitrogens with one attached hydrogen (secondary N) is 1. The zero-order valence-corrected chi connectivity index (χ0v) is 21.4. The molecule has 0 aliphatic carbocycles. The molecule has 0 spiro atoms. The van der Waals surface area contributed by atoms with Crippen LogP contribution in [0.25, 0.3) is 17.2 Å². The van der Waals surface area contributed by atoms with Gasteiger partial charge < -0.3 is 9.47 Å². The van der Waals surface area contributed by atoms with Gasteiger partial charge >= 0.3 is 0 Å². The van der Waals surface area contributed by atoms with Crippen molar-refractivity contribution in [2.75, 3.05) is 18.9 Å². The highest BCUT2D eigenvalue weighted by Crippen LogP contribution is 2.35. The van der Waals surface area contributed by atoms with Crippen LogP contribution < -0.4 is 14.2 Å². The van der Waals surface area contributed by atoms with Crippen LogP contribution in [-0.4, -0.2) is 72.4 Å². The second-order valence-corrected chi connectivity index (χ2v) is 10.1. The molecule has 0 unspecified atom stereocenters. The summed E-state index contributed by atoms with van der Waals surface area (Å²) in [5, 5.41) is 11.8. The van der Waals surface area contributed by atoms with E-state index in [4.69, 9.17) is 9.47 Å². The largest absolute Gasteiger partial charge is 0.479 e. The summed E-state index contributed by atoms with van der Waals surface area (Å²) in [7, 11) is 0.585. The molecule has 0 fully saturated rings. The maximum absolute atomic E-state index is 13.5. The SMILES string of the molecule is COc1ncnc(OC)c1-n1c(NS(=O)(=O)[C@@H](C)[C@H](C)c2ncc(C)cn2)nnc1-c1ccn(C)n1. The first-order valence-corrected chi connectivity index (χ1v) is 12.4. The Bertz CT molecular complexity index is 1440. The molecule has 0 saturated heterocycles. The van der Waals surface area contributed by atoms with Crippen molar-refractivity contribution in [3.63, 3.8) is 0 Å². The Hall–Kier alpha value is -4.14. The van der Waals surface area contributed by atoms with E-state index in [0.29, 0.717) is 11.5 Å². The van der Waals surface area contributed by atoms with Gasteiger partial charge in [-0.2, -0.15) is 15.1 Å². The fraction of sp³-hybridized carbons (Fsp3) is 0.381. The van der Waals surface area contributed by atoms with E-state index in [1.54, 1.807) is 50.2 Å². The van der Waals surface area contributed by atoms with Gasteiger partial charge in [-0.3, -0.25) is 9.40 Å². The van der Waals surface area contributed by atoms with Crippen LogP contribution in [-0.2, 0) is 17.1 Å². The van der Waals surface area contributed by atoms with Crippen molar-refractivity contribution in [2.45, 2.75) is 31.9 Å². The van der Waals surface area contributed by atoms with Crippen LogP contribution in [0.2, 0.25) is 0 Å². The van der Waals surface area contributed by atoms with Gasteiger partial charge in [-0.1, -0.05) is 6.92 Å². The second-order valence-electron chi connectivity index (χ2n) is 8.06. The molecule has 0 amide bonds. The van der Waals surface area contributed by atoms with Crippen LogP contribution >= 0.6 is 0 Å². The molecule has 4 heterocycles. The fourth-order valence-electron chi connectivity index (χ4n) is 3.44. The summed E-state index contributed by atoms with van der Waals surface area (Å²) in [6.07, 6.45) is 6.28. The van der Waals surface area contributed by atoms with Crippen molar-refractivity contribution in [1.29, 1.82) is 0 Å². The van der Waals surface area contributed by atoms with Crippen molar-refractivity contribution in [3.8, 4) is 29.0 Å². The Morgan fingerprint density at radius 1 is 1.00 bits per heavy atom. The van der Waals surface area contributed by atoms with E-state index in [9.17, 15) is 8.42 Å². The quantitative estimate of drug-likeness (QED) is 0.344. The first kappa shape index (κ1) is 25.0. The first-order chi connectivity index (χ1) is 17.2. The highest BCUT2D eigenvalue weighted by atomic mass is 32.2. The molecule has 4 aromatic heterocycles. The summed E-state index contributed by atoms with van der Waals surface area (Å²) in [5.74, 6) is 0.239. The minimum absolute atomic E-state index is 0.119. The van der Waals surface area contributed by atoms with Crippen molar-refractivity contribution in [3.05, 3.63) is 42.4 Å². The molecule has 15 heteroatoms. The van der Waals surface area contributed by atoms with Crippen molar-refractivity contribution in [1.82, 2.24) is 44.5 Å². The van der Waals surface area contributed by atoms with Crippen LogP contribution in [0.5, 0.6) is 11.8 Å². The number of nitrogens with zero attached hydrogens (tertiary/aromatic N) is 9. The molecule has 0 aromatic carbocycles. The molecule has 0 aliphatic heterocycles. The standard InChI is InChI=1S/C21H26N10O4S/c1-12-9-22-17(23-10-12)13(2)14(3)36(32,33)29-21-27-26-18(15-7-8-30(4)28-15)31(21)16-19(34-5)24-11-25-20(16)35-6/h7-11,13-14H,1-6H3,(H,27,29)/t13-,14-/m0/s1. The molecule has 14 nitrogen and oxygen atoms in total. The predicted octanol–water partition coefficient (Wildman–Crippen LogP) is 1.51. The lowest BCUT2D eigenvalue weighted by molar-refractivity contribution is 0.368. The minimum atomic E-state index is -4.01. The molecule has 4 rings (SSSR count). The molecule has 0 radical (unpaired) electrons. The Kier molecular flexibility index (Phi) is 6.83. The smallest absolute Gasteiger partial charge is 0.245 e. The van der Waals surface area contributed by atoms with Crippen LogP contribution in [0.15, 0.2) is 31.0 Å². The third-order valence-electron chi connectivity index (χ3n) is 5.61. The van der Waals surface area contributed by atoms with Gasteiger partial charge in [0.1, 0.15) is 17.8 Å². The number of hydrogen-bond acceptors (Lipinski definition) is 11. The van der Waals surface area contributed by atoms with E-state index in [-0.39, 0.29) is 29.2 Å². The van der Waals surface area contributed by atoms with Gasteiger partial charge in [0.05, 0.1) is 19.5 Å². The van der Waals surface area contributed by atoms with Crippen LogP contribution in [0.3, 0.4) is 0 Å². The molecule has 0 aliphatic rings. The molecule has 4 aromatic rings. The number of rotatable bonds is 9. The molecule has 0 bridgehead atoms. The Morgan fingerprint density at radius 2 is 1.64 bits per heavy atom. The van der Waals surface area contributed by atoms with E-state index in [1.807, 2.05) is 6.92 Å². The molecule has 0 saturated carbocycles. The summed E-state index contributed by atoms with van der Waals surface area (Å²) in [6, 6.07) is 1.71. The summed E-state index contributed by atoms with van der Waals surface area (Å²) in [6.45, 7) is 5.18. The Morgan fingerprint density at radius 3 is 2.19 bits per heavy atom. The number of aromatic nitrogens is 9. The molecular formula is C21H26N10O4S. The van der Waals surface area contributed by atoms with Crippen LogP contribution in [0, 0.1) is 6.92 Å². The van der Waals surface area contributed by atoms with Gasteiger partial charge in [0.2, 0.25) is 27.7 Å². The number of anilines is 1. The van der Waals surface area contributed by atoms with Crippen molar-refractivity contribution in [2.24, 2.45) is 7.05 Å². The number of ether oxygens (including phenoxy) is 2. The summed E-state index contributed by atoms with van der Waals surface area (Å²) in [5.41, 5.74) is 1.51. The maximum atomic E-state index is 13.5. The first-order valence-electron chi connectivity index (χ1n) is 10.8. The number of sulfonamides is 1. The van der Waals surface area contributed by atoms with E-state index in [2.05, 4.69) is 40.0 Å². The van der Waals surface area contributed by atoms with E-state index < -0.39 is 21.2 Å². The van der Waals surface area contributed by atoms with Gasteiger partial charge in [-0.25, -0.2) is 23.0 Å². The van der Waals surface area contributed by atoms with E-state index in [0.717, 1.165) is 5.56 Å². The van der Waals surface area contributed by atoms with E-state index >= 15 is 0 Å². The van der Waals surface area contributed by atoms with Crippen LogP contribution in [0.1, 0.15) is 31.2 Å². The van der Waals surface area contributed by atoms with Crippen molar-refractivity contribution < 1.29 is 17.9 Å². The number of hydrogen-bond donors (Lipinski definition) is 1. The second kappa shape index (κ2) is 9.85. The highest BCUT2D eigenvalue weighted by Gasteiger charge is 2.33. The zero-order valence-electron chi connectivity index (χ0n) is 20.6.